The molecule has 0 aliphatic heterocycles. The molecule has 0 saturated heterocycles. The predicted molar refractivity (Wildman–Crippen MR) is 74.6 cm³/mol. The molecule has 0 radical (unpaired) electrons. The number of halogens is 1. The van der Waals surface area contributed by atoms with Crippen molar-refractivity contribution in [1.29, 1.82) is 0 Å². The van der Waals surface area contributed by atoms with E-state index in [0.717, 1.165) is 17.5 Å². The van der Waals surface area contributed by atoms with E-state index in [4.69, 9.17) is 11.6 Å². The normalized spacial score (nSPS) is 17.1. The Labute approximate surface area is 110 Å². The average Bonchev–Trinajstić information content (AvgIpc) is 3.06. The maximum Gasteiger partial charge on any atom is 0.0411 e. The summed E-state index contributed by atoms with van der Waals surface area (Å²) in [7, 11) is 0. The van der Waals surface area contributed by atoms with E-state index in [0.29, 0.717) is 6.04 Å². The van der Waals surface area contributed by atoms with Gasteiger partial charge in [-0.2, -0.15) is 0 Å². The summed E-state index contributed by atoms with van der Waals surface area (Å²) in [5.41, 5.74) is 2.60. The molecule has 1 atom stereocenters. The van der Waals surface area contributed by atoms with Crippen LogP contribution in [0.15, 0.2) is 18.2 Å². The molecular formula is C15H22ClN. The zero-order valence-electron chi connectivity index (χ0n) is 10.8. The van der Waals surface area contributed by atoms with Gasteiger partial charge >= 0.3 is 0 Å². The van der Waals surface area contributed by atoms with Crippen LogP contribution >= 0.6 is 11.6 Å². The monoisotopic (exact) mass is 251 g/mol. The second-order valence-corrected chi connectivity index (χ2v) is 5.63. The Kier molecular flexibility index (Phi) is 4.47. The standard InChI is InChI=1S/C15H22ClN/c1-3-17-15(7-6-12-4-5-12)13-8-11(2)9-14(16)10-13/h8-10,12,15,17H,3-7H2,1-2H3. The number of hydrogen-bond donors (Lipinski definition) is 1. The highest BCUT2D eigenvalue weighted by molar-refractivity contribution is 6.30. The van der Waals surface area contributed by atoms with Crippen molar-refractivity contribution in [2.24, 2.45) is 5.92 Å². The number of rotatable bonds is 6. The average molecular weight is 252 g/mol. The van der Waals surface area contributed by atoms with Crippen LogP contribution in [0.2, 0.25) is 5.02 Å². The van der Waals surface area contributed by atoms with E-state index < -0.39 is 0 Å². The van der Waals surface area contributed by atoms with Crippen LogP contribution in [0.25, 0.3) is 0 Å². The van der Waals surface area contributed by atoms with Gasteiger partial charge in [0.15, 0.2) is 0 Å². The maximum absolute atomic E-state index is 6.14. The first-order chi connectivity index (χ1) is 8.19. The van der Waals surface area contributed by atoms with Crippen molar-refractivity contribution in [2.75, 3.05) is 6.54 Å². The molecule has 1 nitrogen and oxygen atoms in total. The third kappa shape index (κ3) is 4.01. The lowest BCUT2D eigenvalue weighted by Gasteiger charge is -2.19. The number of benzene rings is 1. The molecule has 1 aliphatic carbocycles. The van der Waals surface area contributed by atoms with Crippen LogP contribution in [0.1, 0.15) is 49.8 Å². The predicted octanol–water partition coefficient (Wildman–Crippen LogP) is 4.49. The van der Waals surface area contributed by atoms with Crippen LogP contribution in [0.4, 0.5) is 0 Å². The Morgan fingerprint density at radius 1 is 1.35 bits per heavy atom. The van der Waals surface area contributed by atoms with Crippen LogP contribution in [0.3, 0.4) is 0 Å². The van der Waals surface area contributed by atoms with Crippen LogP contribution in [-0.2, 0) is 0 Å². The molecule has 0 spiro atoms. The van der Waals surface area contributed by atoms with Crippen LogP contribution in [0, 0.1) is 12.8 Å². The molecular weight excluding hydrogens is 230 g/mol. The first kappa shape index (κ1) is 12.9. The van der Waals surface area contributed by atoms with Gasteiger partial charge in [-0.25, -0.2) is 0 Å². The van der Waals surface area contributed by atoms with Gasteiger partial charge in [0.2, 0.25) is 0 Å². The first-order valence-electron chi connectivity index (χ1n) is 6.69. The Bertz CT molecular complexity index is 351. The van der Waals surface area contributed by atoms with Crippen molar-refractivity contribution in [3.8, 4) is 0 Å². The SMILES string of the molecule is CCNC(CCC1CC1)c1cc(C)cc(Cl)c1. The van der Waals surface area contributed by atoms with E-state index >= 15 is 0 Å². The largest absolute Gasteiger partial charge is 0.310 e. The summed E-state index contributed by atoms with van der Waals surface area (Å²) in [6.07, 6.45) is 5.46. The van der Waals surface area contributed by atoms with Crippen LogP contribution in [0.5, 0.6) is 0 Å². The second-order valence-electron chi connectivity index (χ2n) is 5.19. The van der Waals surface area contributed by atoms with Gasteiger partial charge in [-0.05, 0) is 55.5 Å². The van der Waals surface area contributed by atoms with Gasteiger partial charge in [0.1, 0.15) is 0 Å². The van der Waals surface area contributed by atoms with Crippen LogP contribution in [-0.4, -0.2) is 6.54 Å². The van der Waals surface area contributed by atoms with Gasteiger partial charge in [-0.3, -0.25) is 0 Å². The minimum absolute atomic E-state index is 0.470. The third-order valence-electron chi connectivity index (χ3n) is 3.48. The van der Waals surface area contributed by atoms with Crippen molar-refractivity contribution in [3.05, 3.63) is 34.3 Å². The number of hydrogen-bond acceptors (Lipinski definition) is 1. The van der Waals surface area contributed by atoms with Gasteiger partial charge in [0.25, 0.3) is 0 Å². The fraction of sp³-hybridized carbons (Fsp3) is 0.600. The van der Waals surface area contributed by atoms with Gasteiger partial charge < -0.3 is 5.32 Å². The van der Waals surface area contributed by atoms with E-state index in [1.165, 1.54) is 36.8 Å². The number of aryl methyl sites for hydroxylation is 1. The van der Waals surface area contributed by atoms with Crippen LogP contribution < -0.4 is 5.32 Å². The number of nitrogens with one attached hydrogen (secondary N) is 1. The highest BCUT2D eigenvalue weighted by atomic mass is 35.5. The Morgan fingerprint density at radius 2 is 2.12 bits per heavy atom. The molecule has 2 heteroatoms. The molecule has 0 aromatic heterocycles. The molecule has 94 valence electrons. The molecule has 1 aromatic carbocycles. The summed E-state index contributed by atoms with van der Waals surface area (Å²) in [5.74, 6) is 0.997. The van der Waals surface area contributed by atoms with E-state index in [2.05, 4.69) is 31.3 Å². The summed E-state index contributed by atoms with van der Waals surface area (Å²) in [5, 5.41) is 4.43. The van der Waals surface area contributed by atoms with Crippen molar-refractivity contribution in [1.82, 2.24) is 5.32 Å². The van der Waals surface area contributed by atoms with Crippen molar-refractivity contribution < 1.29 is 0 Å². The zero-order chi connectivity index (χ0) is 12.3. The molecule has 0 heterocycles. The molecule has 1 N–H and O–H groups in total. The van der Waals surface area contributed by atoms with E-state index in [-0.39, 0.29) is 0 Å². The molecule has 1 unspecified atom stereocenters. The fourth-order valence-electron chi connectivity index (χ4n) is 2.41. The lowest BCUT2D eigenvalue weighted by molar-refractivity contribution is 0.481. The van der Waals surface area contributed by atoms with Gasteiger partial charge in [-0.15, -0.1) is 0 Å². The molecule has 1 saturated carbocycles. The zero-order valence-corrected chi connectivity index (χ0v) is 11.6. The lowest BCUT2D eigenvalue weighted by atomic mass is 9.99. The molecule has 0 bridgehead atoms. The second kappa shape index (κ2) is 5.88. The quantitative estimate of drug-likeness (QED) is 0.786. The molecule has 1 aromatic rings. The smallest absolute Gasteiger partial charge is 0.0411 e. The fourth-order valence-corrected chi connectivity index (χ4v) is 2.71. The maximum atomic E-state index is 6.14. The topological polar surface area (TPSA) is 12.0 Å². The van der Waals surface area contributed by atoms with Crippen molar-refractivity contribution in [3.63, 3.8) is 0 Å². The van der Waals surface area contributed by atoms with Crippen molar-refractivity contribution >= 4 is 11.6 Å². The van der Waals surface area contributed by atoms with Gasteiger partial charge in [0.05, 0.1) is 0 Å². The van der Waals surface area contributed by atoms with E-state index in [9.17, 15) is 0 Å². The summed E-state index contributed by atoms with van der Waals surface area (Å²) < 4.78 is 0. The van der Waals surface area contributed by atoms with Gasteiger partial charge in [-0.1, -0.05) is 37.4 Å². The van der Waals surface area contributed by atoms with Crippen molar-refractivity contribution in [2.45, 2.75) is 45.6 Å². The molecule has 1 aliphatic rings. The summed E-state index contributed by atoms with van der Waals surface area (Å²) in [6, 6.07) is 6.86. The molecule has 0 amide bonds. The molecule has 17 heavy (non-hydrogen) atoms. The minimum atomic E-state index is 0.470. The Balaban J connectivity index is 2.05. The third-order valence-corrected chi connectivity index (χ3v) is 3.70. The lowest BCUT2D eigenvalue weighted by Crippen LogP contribution is -2.21. The van der Waals surface area contributed by atoms with Gasteiger partial charge in [0, 0.05) is 11.1 Å². The summed E-state index contributed by atoms with van der Waals surface area (Å²) >= 11 is 6.14. The first-order valence-corrected chi connectivity index (χ1v) is 7.07. The Hall–Kier alpha value is -0.530. The van der Waals surface area contributed by atoms with E-state index in [1.54, 1.807) is 0 Å². The molecule has 2 rings (SSSR count). The Morgan fingerprint density at radius 3 is 2.71 bits per heavy atom. The highest BCUT2D eigenvalue weighted by Gasteiger charge is 2.23. The molecule has 1 fully saturated rings. The van der Waals surface area contributed by atoms with E-state index in [1.807, 2.05) is 6.07 Å². The summed E-state index contributed by atoms with van der Waals surface area (Å²) in [4.78, 5) is 0. The highest BCUT2D eigenvalue weighted by Crippen LogP contribution is 2.36. The minimum Gasteiger partial charge on any atom is -0.310 e. The summed E-state index contributed by atoms with van der Waals surface area (Å²) in [6.45, 7) is 5.29.